The topological polar surface area (TPSA) is 55.1 Å². The Morgan fingerprint density at radius 2 is 2.38 bits per heavy atom. The van der Waals surface area contributed by atoms with Crippen LogP contribution in [0.2, 0.25) is 0 Å². The van der Waals surface area contributed by atoms with Crippen LogP contribution in [0.25, 0.3) is 5.65 Å². The first-order valence-corrected chi connectivity index (χ1v) is 5.73. The van der Waals surface area contributed by atoms with Crippen molar-refractivity contribution in [2.24, 2.45) is 0 Å². The highest BCUT2D eigenvalue weighted by Crippen LogP contribution is 2.08. The van der Waals surface area contributed by atoms with E-state index >= 15 is 0 Å². The lowest BCUT2D eigenvalue weighted by Gasteiger charge is -1.95. The number of hydrogen-bond donors (Lipinski definition) is 1. The van der Waals surface area contributed by atoms with E-state index in [0.29, 0.717) is 12.5 Å². The smallest absolute Gasteiger partial charge is 0.243 e. The molecule has 6 heteroatoms. The van der Waals surface area contributed by atoms with Crippen LogP contribution in [0, 0.1) is 0 Å². The minimum Gasteiger partial charge on any atom is -0.346 e. The van der Waals surface area contributed by atoms with Crippen molar-refractivity contribution in [3.05, 3.63) is 41.0 Å². The molecule has 0 aliphatic carbocycles. The first-order valence-electron chi connectivity index (χ1n) is 4.85. The van der Waals surface area contributed by atoms with Gasteiger partial charge >= 0.3 is 0 Å². The standard InChI is InChI=1S/C10H9N5S/c1-2-5-15-8(3-1)13-10(14-15)12-7-9-11-4-6-16-9/h1-6H,7H2,(H,12,14). The maximum atomic E-state index is 4.33. The van der Waals surface area contributed by atoms with Gasteiger partial charge in [0.2, 0.25) is 5.95 Å². The second kappa shape index (κ2) is 3.90. The number of aromatic nitrogens is 4. The Labute approximate surface area is 95.8 Å². The van der Waals surface area contributed by atoms with Gasteiger partial charge in [0, 0.05) is 17.8 Å². The van der Waals surface area contributed by atoms with Gasteiger partial charge in [-0.25, -0.2) is 9.50 Å². The highest BCUT2D eigenvalue weighted by molar-refractivity contribution is 7.09. The van der Waals surface area contributed by atoms with Crippen molar-refractivity contribution in [3.63, 3.8) is 0 Å². The van der Waals surface area contributed by atoms with Gasteiger partial charge in [0.05, 0.1) is 6.54 Å². The Morgan fingerprint density at radius 3 is 3.19 bits per heavy atom. The molecule has 0 radical (unpaired) electrons. The second-order valence-electron chi connectivity index (χ2n) is 3.22. The maximum Gasteiger partial charge on any atom is 0.243 e. The summed E-state index contributed by atoms with van der Waals surface area (Å²) >= 11 is 1.61. The van der Waals surface area contributed by atoms with E-state index in [1.807, 2.05) is 29.8 Å². The summed E-state index contributed by atoms with van der Waals surface area (Å²) in [7, 11) is 0. The van der Waals surface area contributed by atoms with Crippen molar-refractivity contribution in [1.29, 1.82) is 0 Å². The third-order valence-electron chi connectivity index (χ3n) is 2.12. The van der Waals surface area contributed by atoms with Crippen molar-refractivity contribution in [1.82, 2.24) is 19.6 Å². The molecule has 3 aromatic rings. The van der Waals surface area contributed by atoms with Crippen molar-refractivity contribution in [3.8, 4) is 0 Å². The Balaban J connectivity index is 1.79. The number of anilines is 1. The Bertz CT molecular complexity index is 553. The molecule has 1 N–H and O–H groups in total. The summed E-state index contributed by atoms with van der Waals surface area (Å²) in [6.07, 6.45) is 3.66. The van der Waals surface area contributed by atoms with Gasteiger partial charge in [-0.3, -0.25) is 0 Å². The van der Waals surface area contributed by atoms with E-state index in [9.17, 15) is 0 Å². The number of nitrogens with one attached hydrogen (secondary N) is 1. The largest absolute Gasteiger partial charge is 0.346 e. The molecule has 0 aromatic carbocycles. The second-order valence-corrected chi connectivity index (χ2v) is 4.20. The highest BCUT2D eigenvalue weighted by atomic mass is 32.1. The summed E-state index contributed by atoms with van der Waals surface area (Å²) in [5.41, 5.74) is 0.837. The molecule has 3 heterocycles. The molecule has 0 saturated carbocycles. The van der Waals surface area contributed by atoms with Crippen molar-refractivity contribution >= 4 is 22.9 Å². The number of pyridine rings is 1. The lowest BCUT2D eigenvalue weighted by Crippen LogP contribution is -2.00. The molecule has 16 heavy (non-hydrogen) atoms. The number of thiazole rings is 1. The summed E-state index contributed by atoms with van der Waals surface area (Å²) in [5, 5.41) is 10.4. The number of hydrogen-bond acceptors (Lipinski definition) is 5. The van der Waals surface area contributed by atoms with Gasteiger partial charge in [-0.1, -0.05) is 6.07 Å². The van der Waals surface area contributed by atoms with Crippen LogP contribution in [0.15, 0.2) is 36.0 Å². The molecule has 0 aliphatic rings. The van der Waals surface area contributed by atoms with Crippen LogP contribution in [-0.2, 0) is 6.54 Å². The van der Waals surface area contributed by atoms with Crippen LogP contribution in [0.4, 0.5) is 5.95 Å². The fraction of sp³-hybridized carbons (Fsp3) is 0.100. The van der Waals surface area contributed by atoms with Crippen LogP contribution in [-0.4, -0.2) is 19.6 Å². The third kappa shape index (κ3) is 1.74. The zero-order valence-corrected chi connectivity index (χ0v) is 9.18. The summed E-state index contributed by atoms with van der Waals surface area (Å²) in [6.45, 7) is 0.661. The summed E-state index contributed by atoms with van der Waals surface area (Å²) < 4.78 is 1.74. The molecule has 0 aliphatic heterocycles. The monoisotopic (exact) mass is 231 g/mol. The number of rotatable bonds is 3. The normalized spacial score (nSPS) is 10.8. The zero-order valence-electron chi connectivity index (χ0n) is 8.37. The van der Waals surface area contributed by atoms with Gasteiger partial charge in [0.15, 0.2) is 5.65 Å². The molecule has 0 atom stereocenters. The van der Waals surface area contributed by atoms with Crippen LogP contribution >= 0.6 is 11.3 Å². The molecule has 0 spiro atoms. The molecular formula is C10H9N5S. The molecule has 0 amide bonds. The van der Waals surface area contributed by atoms with Gasteiger partial charge in [-0.05, 0) is 12.1 Å². The molecule has 0 unspecified atom stereocenters. The fourth-order valence-corrected chi connectivity index (χ4v) is 1.96. The molecule has 80 valence electrons. The van der Waals surface area contributed by atoms with E-state index in [1.165, 1.54) is 0 Å². The summed E-state index contributed by atoms with van der Waals surface area (Å²) in [4.78, 5) is 8.51. The Morgan fingerprint density at radius 1 is 1.38 bits per heavy atom. The molecule has 0 saturated heterocycles. The molecule has 0 fully saturated rings. The van der Waals surface area contributed by atoms with Crippen LogP contribution < -0.4 is 5.32 Å². The molecule has 3 rings (SSSR count). The molecule has 5 nitrogen and oxygen atoms in total. The first-order chi connectivity index (χ1) is 7.92. The lowest BCUT2D eigenvalue weighted by atomic mass is 10.5. The Kier molecular flexibility index (Phi) is 2.26. The summed E-state index contributed by atoms with van der Waals surface area (Å²) in [6, 6.07) is 5.78. The van der Waals surface area contributed by atoms with Crippen molar-refractivity contribution < 1.29 is 0 Å². The highest BCUT2D eigenvalue weighted by Gasteiger charge is 2.02. The van der Waals surface area contributed by atoms with Crippen LogP contribution in [0.3, 0.4) is 0 Å². The van der Waals surface area contributed by atoms with Crippen LogP contribution in [0.1, 0.15) is 5.01 Å². The number of fused-ring (bicyclic) bond motifs is 1. The van der Waals surface area contributed by atoms with Gasteiger partial charge in [0.25, 0.3) is 0 Å². The quantitative estimate of drug-likeness (QED) is 0.746. The summed E-state index contributed by atoms with van der Waals surface area (Å²) in [5.74, 6) is 0.626. The van der Waals surface area contributed by atoms with Crippen LogP contribution in [0.5, 0.6) is 0 Å². The van der Waals surface area contributed by atoms with E-state index in [2.05, 4.69) is 20.4 Å². The van der Waals surface area contributed by atoms with E-state index in [1.54, 1.807) is 22.0 Å². The SMILES string of the molecule is c1ccn2nc(NCc3nccs3)nc2c1. The predicted molar refractivity (Wildman–Crippen MR) is 62.4 cm³/mol. The van der Waals surface area contributed by atoms with Gasteiger partial charge < -0.3 is 5.32 Å². The fourth-order valence-electron chi connectivity index (χ4n) is 1.40. The molecular weight excluding hydrogens is 222 g/mol. The van der Waals surface area contributed by atoms with Gasteiger partial charge in [-0.2, -0.15) is 4.98 Å². The van der Waals surface area contributed by atoms with E-state index in [-0.39, 0.29) is 0 Å². The van der Waals surface area contributed by atoms with Gasteiger partial charge in [-0.15, -0.1) is 16.4 Å². The average Bonchev–Trinajstić information content (AvgIpc) is 2.95. The van der Waals surface area contributed by atoms with Gasteiger partial charge in [0.1, 0.15) is 5.01 Å². The van der Waals surface area contributed by atoms with E-state index < -0.39 is 0 Å². The molecule has 3 aromatic heterocycles. The Hall–Kier alpha value is -1.95. The van der Waals surface area contributed by atoms with E-state index in [4.69, 9.17) is 0 Å². The zero-order chi connectivity index (χ0) is 10.8. The average molecular weight is 231 g/mol. The third-order valence-corrected chi connectivity index (χ3v) is 2.90. The molecule has 0 bridgehead atoms. The lowest BCUT2D eigenvalue weighted by molar-refractivity contribution is 0.948. The van der Waals surface area contributed by atoms with Crippen molar-refractivity contribution in [2.45, 2.75) is 6.54 Å². The van der Waals surface area contributed by atoms with E-state index in [0.717, 1.165) is 10.7 Å². The first kappa shape index (κ1) is 9.29. The minimum atomic E-state index is 0.626. The predicted octanol–water partition coefficient (Wildman–Crippen LogP) is 1.80. The number of nitrogens with zero attached hydrogens (tertiary/aromatic N) is 4. The van der Waals surface area contributed by atoms with Crippen molar-refractivity contribution in [2.75, 3.05) is 5.32 Å². The minimum absolute atomic E-state index is 0.626. The maximum absolute atomic E-state index is 4.33.